The molecule has 0 radical (unpaired) electrons. The normalized spacial score (nSPS) is 12.6. The van der Waals surface area contributed by atoms with E-state index in [-0.39, 0.29) is 16.5 Å². The van der Waals surface area contributed by atoms with E-state index in [1.54, 1.807) is 19.1 Å². The Bertz CT molecular complexity index is 880. The number of halogens is 1. The molecule has 0 aliphatic carbocycles. The summed E-state index contributed by atoms with van der Waals surface area (Å²) in [6, 6.07) is 10.1. The third kappa shape index (κ3) is 4.89. The fourth-order valence-electron chi connectivity index (χ4n) is 2.28. The van der Waals surface area contributed by atoms with Crippen LogP contribution in [0.4, 0.5) is 10.1 Å². The predicted octanol–water partition coefficient (Wildman–Crippen LogP) is 3.72. The third-order valence-electron chi connectivity index (χ3n) is 4.08. The van der Waals surface area contributed by atoms with Gasteiger partial charge in [-0.25, -0.2) is 17.5 Å². The van der Waals surface area contributed by atoms with Crippen LogP contribution in [-0.2, 0) is 16.4 Å². The summed E-state index contributed by atoms with van der Waals surface area (Å²) in [5.74, 6) is -1.48. The van der Waals surface area contributed by atoms with E-state index >= 15 is 0 Å². The summed E-state index contributed by atoms with van der Waals surface area (Å²) >= 11 is 0. The van der Waals surface area contributed by atoms with E-state index in [0.717, 1.165) is 30.2 Å². The molecule has 0 aliphatic rings. The van der Waals surface area contributed by atoms with Crippen LogP contribution in [0.25, 0.3) is 0 Å². The van der Waals surface area contributed by atoms with Crippen molar-refractivity contribution >= 4 is 21.6 Å². The molecule has 26 heavy (non-hydrogen) atoms. The highest BCUT2D eigenvalue weighted by atomic mass is 32.2. The van der Waals surface area contributed by atoms with Gasteiger partial charge in [0.05, 0.1) is 10.5 Å². The average molecular weight is 378 g/mol. The second-order valence-corrected chi connectivity index (χ2v) is 7.79. The van der Waals surface area contributed by atoms with Crippen molar-refractivity contribution < 1.29 is 17.6 Å². The lowest BCUT2D eigenvalue weighted by Gasteiger charge is -2.13. The minimum Gasteiger partial charge on any atom is -0.322 e. The van der Waals surface area contributed by atoms with Gasteiger partial charge in [-0.2, -0.15) is 0 Å². The van der Waals surface area contributed by atoms with E-state index in [2.05, 4.69) is 10.0 Å². The quantitative estimate of drug-likeness (QED) is 0.771. The van der Waals surface area contributed by atoms with E-state index in [9.17, 15) is 17.6 Å². The maximum absolute atomic E-state index is 14.1. The average Bonchev–Trinajstić information content (AvgIpc) is 2.62. The van der Waals surface area contributed by atoms with Gasteiger partial charge in [0, 0.05) is 11.7 Å². The number of hydrogen-bond donors (Lipinski definition) is 2. The zero-order valence-electron chi connectivity index (χ0n) is 15.0. The fraction of sp³-hybridized carbons (Fsp3) is 0.316. The number of amides is 1. The lowest BCUT2D eigenvalue weighted by molar-refractivity contribution is 0.102. The molecule has 5 nitrogen and oxygen atoms in total. The van der Waals surface area contributed by atoms with Crippen molar-refractivity contribution in [2.24, 2.45) is 0 Å². The van der Waals surface area contributed by atoms with Crippen LogP contribution in [0.5, 0.6) is 0 Å². The second-order valence-electron chi connectivity index (χ2n) is 6.08. The van der Waals surface area contributed by atoms with Crippen LogP contribution in [0.3, 0.4) is 0 Å². The van der Waals surface area contributed by atoms with Gasteiger partial charge in [0.1, 0.15) is 5.82 Å². The summed E-state index contributed by atoms with van der Waals surface area (Å²) in [6.45, 7) is 5.59. The minimum absolute atomic E-state index is 0.148. The highest BCUT2D eigenvalue weighted by molar-refractivity contribution is 7.89. The minimum atomic E-state index is -3.82. The molecule has 0 saturated carbocycles. The van der Waals surface area contributed by atoms with Gasteiger partial charge in [-0.05, 0) is 55.7 Å². The molecule has 7 heteroatoms. The van der Waals surface area contributed by atoms with Crippen LogP contribution in [0.1, 0.15) is 43.1 Å². The molecule has 0 unspecified atom stereocenters. The molecule has 2 N–H and O–H groups in total. The lowest BCUT2D eigenvalue weighted by Crippen LogP contribution is -2.32. The smallest absolute Gasteiger partial charge is 0.258 e. The predicted molar refractivity (Wildman–Crippen MR) is 100 cm³/mol. The Kier molecular flexibility index (Phi) is 6.50. The SMILES string of the molecule is CCc1ccc(NC(=O)c2cc(S(=O)(=O)N[C@@H](C)CC)ccc2F)cc1. The zero-order chi connectivity index (χ0) is 19.3. The van der Waals surface area contributed by atoms with Crippen molar-refractivity contribution in [3.63, 3.8) is 0 Å². The molecule has 0 aliphatic heterocycles. The zero-order valence-corrected chi connectivity index (χ0v) is 15.9. The number of sulfonamides is 1. The summed E-state index contributed by atoms with van der Waals surface area (Å²) in [4.78, 5) is 12.2. The maximum Gasteiger partial charge on any atom is 0.258 e. The first kappa shape index (κ1) is 20.1. The molecule has 0 aromatic heterocycles. The Balaban J connectivity index is 2.26. The van der Waals surface area contributed by atoms with Gasteiger partial charge in [0.25, 0.3) is 5.91 Å². The topological polar surface area (TPSA) is 75.3 Å². The molecular formula is C19H23FN2O3S. The van der Waals surface area contributed by atoms with Crippen LogP contribution in [0.2, 0.25) is 0 Å². The van der Waals surface area contributed by atoms with E-state index in [1.807, 2.05) is 26.0 Å². The first-order valence-electron chi connectivity index (χ1n) is 8.49. The molecule has 0 heterocycles. The van der Waals surface area contributed by atoms with E-state index in [1.165, 1.54) is 0 Å². The first-order valence-corrected chi connectivity index (χ1v) is 9.97. The van der Waals surface area contributed by atoms with Crippen molar-refractivity contribution in [2.75, 3.05) is 5.32 Å². The highest BCUT2D eigenvalue weighted by Gasteiger charge is 2.21. The van der Waals surface area contributed by atoms with Gasteiger partial charge >= 0.3 is 0 Å². The maximum atomic E-state index is 14.1. The molecule has 0 fully saturated rings. The van der Waals surface area contributed by atoms with Crippen LogP contribution in [0, 0.1) is 5.82 Å². The van der Waals surface area contributed by atoms with Gasteiger partial charge in [0.2, 0.25) is 10.0 Å². The van der Waals surface area contributed by atoms with Gasteiger partial charge in [-0.3, -0.25) is 4.79 Å². The number of rotatable bonds is 7. The number of carbonyl (C=O) groups excluding carboxylic acids is 1. The molecule has 2 aromatic rings. The third-order valence-corrected chi connectivity index (χ3v) is 5.67. The van der Waals surface area contributed by atoms with Crippen LogP contribution in [-0.4, -0.2) is 20.4 Å². The summed E-state index contributed by atoms with van der Waals surface area (Å²) in [7, 11) is -3.82. The fourth-order valence-corrected chi connectivity index (χ4v) is 3.64. The van der Waals surface area contributed by atoms with E-state index in [4.69, 9.17) is 0 Å². The number of benzene rings is 2. The van der Waals surface area contributed by atoms with Crippen molar-refractivity contribution in [1.82, 2.24) is 4.72 Å². The molecule has 0 saturated heterocycles. The molecule has 140 valence electrons. The monoisotopic (exact) mass is 378 g/mol. The molecule has 1 amide bonds. The summed E-state index contributed by atoms with van der Waals surface area (Å²) < 4.78 is 41.3. The summed E-state index contributed by atoms with van der Waals surface area (Å²) in [5, 5.41) is 2.59. The number of hydrogen-bond acceptors (Lipinski definition) is 3. The van der Waals surface area contributed by atoms with Crippen LogP contribution in [0.15, 0.2) is 47.4 Å². The van der Waals surface area contributed by atoms with Gasteiger partial charge in [-0.1, -0.05) is 26.0 Å². The molecule has 0 spiro atoms. The Morgan fingerprint density at radius 2 is 1.77 bits per heavy atom. The molecule has 2 rings (SSSR count). The largest absolute Gasteiger partial charge is 0.322 e. The summed E-state index contributed by atoms with van der Waals surface area (Å²) in [5.41, 5.74) is 1.30. The number of aryl methyl sites for hydroxylation is 1. The molecule has 2 aromatic carbocycles. The first-order chi connectivity index (χ1) is 12.3. The van der Waals surface area contributed by atoms with Gasteiger partial charge in [0.15, 0.2) is 0 Å². The Morgan fingerprint density at radius 3 is 2.35 bits per heavy atom. The van der Waals surface area contributed by atoms with Crippen molar-refractivity contribution in [3.05, 3.63) is 59.4 Å². The van der Waals surface area contributed by atoms with Gasteiger partial charge in [-0.15, -0.1) is 0 Å². The van der Waals surface area contributed by atoms with E-state index < -0.39 is 21.7 Å². The number of nitrogens with one attached hydrogen (secondary N) is 2. The van der Waals surface area contributed by atoms with Crippen molar-refractivity contribution in [1.29, 1.82) is 0 Å². The Labute approximate surface area is 153 Å². The molecule has 1 atom stereocenters. The van der Waals surface area contributed by atoms with Gasteiger partial charge < -0.3 is 5.32 Å². The molecule has 0 bridgehead atoms. The second kappa shape index (κ2) is 8.42. The standard InChI is InChI=1S/C19H23FN2O3S/c1-4-13(3)22-26(24,25)16-10-11-18(20)17(12-16)19(23)21-15-8-6-14(5-2)7-9-15/h6-13,22H,4-5H2,1-3H3,(H,21,23)/t13-/m0/s1. The highest BCUT2D eigenvalue weighted by Crippen LogP contribution is 2.18. The Hall–Kier alpha value is -2.25. The van der Waals surface area contributed by atoms with E-state index in [0.29, 0.717) is 12.1 Å². The number of anilines is 1. The van der Waals surface area contributed by atoms with Crippen LogP contribution >= 0.6 is 0 Å². The Morgan fingerprint density at radius 1 is 1.12 bits per heavy atom. The van der Waals surface area contributed by atoms with Crippen LogP contribution < -0.4 is 10.0 Å². The lowest BCUT2D eigenvalue weighted by atomic mass is 10.1. The number of carbonyl (C=O) groups is 1. The molecular weight excluding hydrogens is 355 g/mol. The van der Waals surface area contributed by atoms with Crippen molar-refractivity contribution in [2.45, 2.75) is 44.6 Å². The van der Waals surface area contributed by atoms with Crippen molar-refractivity contribution in [3.8, 4) is 0 Å². The summed E-state index contributed by atoms with van der Waals surface area (Å²) in [6.07, 6.45) is 1.48.